The van der Waals surface area contributed by atoms with E-state index in [0.717, 1.165) is 25.7 Å². The molecular formula is C20H28N2O4. The Kier molecular flexibility index (Phi) is 6.14. The Bertz CT molecular complexity index is 621. The average molecular weight is 360 g/mol. The first-order valence-electron chi connectivity index (χ1n) is 9.37. The van der Waals surface area contributed by atoms with Crippen LogP contribution in [0.4, 0.5) is 0 Å². The highest BCUT2D eigenvalue weighted by Crippen LogP contribution is 2.47. The molecule has 0 spiro atoms. The molecule has 1 saturated carbocycles. The van der Waals surface area contributed by atoms with Crippen LogP contribution in [0.3, 0.4) is 0 Å². The summed E-state index contributed by atoms with van der Waals surface area (Å²) in [5, 5.41) is 3.04. The van der Waals surface area contributed by atoms with Crippen molar-refractivity contribution in [1.82, 2.24) is 10.2 Å². The number of amides is 2. The van der Waals surface area contributed by atoms with Gasteiger partial charge < -0.3 is 19.7 Å². The number of nitrogens with one attached hydrogen (secondary N) is 1. The predicted molar refractivity (Wildman–Crippen MR) is 97.8 cm³/mol. The number of fused-ring (bicyclic) bond motifs is 1. The molecule has 2 fully saturated rings. The van der Waals surface area contributed by atoms with Crippen LogP contribution in [0.2, 0.25) is 0 Å². The summed E-state index contributed by atoms with van der Waals surface area (Å²) in [7, 11) is 1.66. The number of likely N-dealkylation sites (tertiary alicyclic amines) is 1. The number of rotatable bonds is 8. The van der Waals surface area contributed by atoms with Gasteiger partial charge in [0, 0.05) is 38.1 Å². The Balaban J connectivity index is 1.55. The SMILES string of the molecule is COCCN1C(=O)CC[C@]2(CNC(=O)COc3ccccc3)CCC[C@@H]12. The van der Waals surface area contributed by atoms with Gasteiger partial charge in [-0.3, -0.25) is 9.59 Å². The van der Waals surface area contributed by atoms with E-state index in [1.807, 2.05) is 35.2 Å². The second kappa shape index (κ2) is 8.54. The van der Waals surface area contributed by atoms with E-state index >= 15 is 0 Å². The molecule has 0 unspecified atom stereocenters. The standard InChI is InChI=1S/C20H28N2O4/c1-25-13-12-22-17-8-5-10-20(17,11-9-19(22)24)15-21-18(23)14-26-16-6-3-2-4-7-16/h2-4,6-7,17H,5,8-15H2,1H3,(H,21,23)/t17-,20+/m1/s1. The highest BCUT2D eigenvalue weighted by Gasteiger charge is 2.50. The molecule has 1 N–H and O–H groups in total. The van der Waals surface area contributed by atoms with Crippen LogP contribution in [-0.2, 0) is 14.3 Å². The molecule has 142 valence electrons. The molecule has 1 aromatic carbocycles. The topological polar surface area (TPSA) is 67.9 Å². The molecule has 2 aliphatic rings. The third-order valence-electron chi connectivity index (χ3n) is 5.68. The van der Waals surface area contributed by atoms with E-state index in [2.05, 4.69) is 5.32 Å². The van der Waals surface area contributed by atoms with Crippen molar-refractivity contribution in [1.29, 1.82) is 0 Å². The second-order valence-corrected chi connectivity index (χ2v) is 7.23. The van der Waals surface area contributed by atoms with Crippen LogP contribution in [0.25, 0.3) is 0 Å². The van der Waals surface area contributed by atoms with Crippen molar-refractivity contribution in [2.45, 2.75) is 38.1 Å². The first kappa shape index (κ1) is 18.7. The van der Waals surface area contributed by atoms with Crippen molar-refractivity contribution in [3.8, 4) is 5.75 Å². The summed E-state index contributed by atoms with van der Waals surface area (Å²) < 4.78 is 10.7. The molecule has 1 aromatic rings. The van der Waals surface area contributed by atoms with Crippen molar-refractivity contribution >= 4 is 11.8 Å². The minimum atomic E-state index is -0.116. The quantitative estimate of drug-likeness (QED) is 0.770. The summed E-state index contributed by atoms with van der Waals surface area (Å²) >= 11 is 0. The van der Waals surface area contributed by atoms with Crippen LogP contribution < -0.4 is 10.1 Å². The van der Waals surface area contributed by atoms with Gasteiger partial charge in [-0.1, -0.05) is 24.6 Å². The molecule has 3 rings (SSSR count). The van der Waals surface area contributed by atoms with Gasteiger partial charge in [-0.15, -0.1) is 0 Å². The van der Waals surface area contributed by atoms with Crippen LogP contribution in [0.5, 0.6) is 5.75 Å². The van der Waals surface area contributed by atoms with Gasteiger partial charge in [0.25, 0.3) is 5.91 Å². The molecule has 2 amide bonds. The van der Waals surface area contributed by atoms with Crippen molar-refractivity contribution in [3.63, 3.8) is 0 Å². The summed E-state index contributed by atoms with van der Waals surface area (Å²) in [6, 6.07) is 9.53. The molecule has 1 aliphatic heterocycles. The molecule has 0 bridgehead atoms. The van der Waals surface area contributed by atoms with Gasteiger partial charge >= 0.3 is 0 Å². The maximum Gasteiger partial charge on any atom is 0.257 e. The monoisotopic (exact) mass is 360 g/mol. The normalized spacial score (nSPS) is 25.0. The fourth-order valence-corrected chi connectivity index (χ4v) is 4.33. The number of carbonyl (C=O) groups excluding carboxylic acids is 2. The van der Waals surface area contributed by atoms with Gasteiger partial charge in [0.1, 0.15) is 5.75 Å². The number of piperidine rings is 1. The molecular weight excluding hydrogens is 332 g/mol. The summed E-state index contributed by atoms with van der Waals surface area (Å²) in [6.45, 7) is 1.80. The van der Waals surface area contributed by atoms with Crippen LogP contribution in [-0.4, -0.2) is 56.2 Å². The number of methoxy groups -OCH3 is 1. The number of ether oxygens (including phenoxy) is 2. The number of benzene rings is 1. The van der Waals surface area contributed by atoms with E-state index in [0.29, 0.717) is 31.9 Å². The maximum absolute atomic E-state index is 12.3. The lowest BCUT2D eigenvalue weighted by Gasteiger charge is -2.46. The highest BCUT2D eigenvalue weighted by molar-refractivity contribution is 5.79. The van der Waals surface area contributed by atoms with Gasteiger partial charge in [-0.05, 0) is 31.4 Å². The average Bonchev–Trinajstić information content (AvgIpc) is 3.09. The van der Waals surface area contributed by atoms with E-state index in [4.69, 9.17) is 9.47 Å². The molecule has 6 heteroatoms. The van der Waals surface area contributed by atoms with Gasteiger partial charge in [0.2, 0.25) is 5.91 Å². The van der Waals surface area contributed by atoms with E-state index in [9.17, 15) is 9.59 Å². The van der Waals surface area contributed by atoms with E-state index in [1.54, 1.807) is 7.11 Å². The minimum Gasteiger partial charge on any atom is -0.484 e. The van der Waals surface area contributed by atoms with Crippen LogP contribution in [0.1, 0.15) is 32.1 Å². The van der Waals surface area contributed by atoms with Crippen LogP contribution >= 0.6 is 0 Å². The largest absolute Gasteiger partial charge is 0.484 e. The Morgan fingerprint density at radius 2 is 2.12 bits per heavy atom. The van der Waals surface area contributed by atoms with Gasteiger partial charge in [-0.25, -0.2) is 0 Å². The third kappa shape index (κ3) is 4.18. The Labute approximate surface area is 154 Å². The number of carbonyl (C=O) groups is 2. The Hall–Kier alpha value is -2.08. The molecule has 26 heavy (non-hydrogen) atoms. The predicted octanol–water partition coefficient (Wildman–Crippen LogP) is 1.99. The second-order valence-electron chi connectivity index (χ2n) is 7.23. The molecule has 1 saturated heterocycles. The molecule has 0 aromatic heterocycles. The lowest BCUT2D eigenvalue weighted by Crippen LogP contribution is -2.56. The highest BCUT2D eigenvalue weighted by atomic mass is 16.5. The van der Waals surface area contributed by atoms with Crippen molar-refractivity contribution in [2.75, 3.05) is 33.4 Å². The van der Waals surface area contributed by atoms with E-state index in [-0.39, 0.29) is 29.9 Å². The Morgan fingerprint density at radius 3 is 2.88 bits per heavy atom. The van der Waals surface area contributed by atoms with Gasteiger partial charge in [-0.2, -0.15) is 0 Å². The van der Waals surface area contributed by atoms with Crippen LogP contribution in [0, 0.1) is 5.41 Å². The van der Waals surface area contributed by atoms with Crippen molar-refractivity contribution in [3.05, 3.63) is 30.3 Å². The third-order valence-corrected chi connectivity index (χ3v) is 5.68. The molecule has 0 radical (unpaired) electrons. The lowest BCUT2D eigenvalue weighted by molar-refractivity contribution is -0.142. The Morgan fingerprint density at radius 1 is 1.31 bits per heavy atom. The number of para-hydroxylation sites is 1. The van der Waals surface area contributed by atoms with E-state index < -0.39 is 0 Å². The van der Waals surface area contributed by atoms with Crippen molar-refractivity contribution < 1.29 is 19.1 Å². The number of hydrogen-bond donors (Lipinski definition) is 1. The number of hydrogen-bond acceptors (Lipinski definition) is 4. The zero-order valence-electron chi connectivity index (χ0n) is 15.4. The molecule has 1 heterocycles. The molecule has 1 aliphatic carbocycles. The smallest absolute Gasteiger partial charge is 0.257 e. The molecule has 2 atom stereocenters. The first-order valence-corrected chi connectivity index (χ1v) is 9.37. The number of nitrogens with zero attached hydrogens (tertiary/aromatic N) is 1. The fraction of sp³-hybridized carbons (Fsp3) is 0.600. The lowest BCUT2D eigenvalue weighted by atomic mass is 9.74. The summed E-state index contributed by atoms with van der Waals surface area (Å²) in [5.74, 6) is 0.783. The fourth-order valence-electron chi connectivity index (χ4n) is 4.33. The minimum absolute atomic E-state index is 0.00986. The summed E-state index contributed by atoms with van der Waals surface area (Å²) in [6.07, 6.45) is 4.55. The zero-order valence-corrected chi connectivity index (χ0v) is 15.4. The molecule has 6 nitrogen and oxygen atoms in total. The zero-order chi connectivity index (χ0) is 18.4. The van der Waals surface area contributed by atoms with E-state index in [1.165, 1.54) is 0 Å². The van der Waals surface area contributed by atoms with Crippen molar-refractivity contribution in [2.24, 2.45) is 5.41 Å². The van der Waals surface area contributed by atoms with Crippen LogP contribution in [0.15, 0.2) is 30.3 Å². The van der Waals surface area contributed by atoms with Gasteiger partial charge in [0.15, 0.2) is 6.61 Å². The summed E-state index contributed by atoms with van der Waals surface area (Å²) in [4.78, 5) is 26.5. The maximum atomic E-state index is 12.3. The summed E-state index contributed by atoms with van der Waals surface area (Å²) in [5.41, 5.74) is -0.00986. The van der Waals surface area contributed by atoms with Gasteiger partial charge in [0.05, 0.1) is 6.61 Å². The first-order chi connectivity index (χ1) is 12.6.